The van der Waals surface area contributed by atoms with Crippen LogP contribution in [0.5, 0.6) is 11.6 Å². The highest BCUT2D eigenvalue weighted by atomic mass is 35.5. The smallest absolute Gasteiger partial charge is 0.262 e. The predicted octanol–water partition coefficient (Wildman–Crippen LogP) is 5.52. The van der Waals surface area contributed by atoms with E-state index in [0.29, 0.717) is 22.9 Å². The maximum Gasteiger partial charge on any atom is 0.262 e. The number of likely N-dealkylation sites (N-methyl/N-ethyl adjacent to an activating group) is 1. The predicted molar refractivity (Wildman–Crippen MR) is 144 cm³/mol. The molecule has 0 unspecified atom stereocenters. The van der Waals surface area contributed by atoms with Crippen LogP contribution in [0.15, 0.2) is 77.7 Å². The van der Waals surface area contributed by atoms with Crippen molar-refractivity contribution in [2.75, 3.05) is 32.0 Å². The van der Waals surface area contributed by atoms with Crippen LogP contribution in [-0.4, -0.2) is 45.5 Å². The summed E-state index contributed by atoms with van der Waals surface area (Å²) in [4.78, 5) is 6.76. The molecule has 36 heavy (non-hydrogen) atoms. The molecule has 0 saturated heterocycles. The first-order valence-electron chi connectivity index (χ1n) is 11.4. The summed E-state index contributed by atoms with van der Waals surface area (Å²) >= 11 is 6.29. The lowest BCUT2D eigenvalue weighted by Gasteiger charge is -2.15. The van der Waals surface area contributed by atoms with Crippen molar-refractivity contribution >= 4 is 38.2 Å². The highest BCUT2D eigenvalue weighted by molar-refractivity contribution is 7.92. The Hall–Kier alpha value is -3.33. The quantitative estimate of drug-likeness (QED) is 0.294. The number of nitrogens with one attached hydrogen (secondary N) is 1. The average molecular weight is 526 g/mol. The molecule has 1 aromatic heterocycles. The number of sulfonamides is 1. The summed E-state index contributed by atoms with van der Waals surface area (Å²) in [5.74, 6) is 0.737. The van der Waals surface area contributed by atoms with Gasteiger partial charge in [0.05, 0.1) is 15.4 Å². The van der Waals surface area contributed by atoms with Crippen LogP contribution in [0.25, 0.3) is 10.9 Å². The van der Waals surface area contributed by atoms with Crippen LogP contribution < -0.4 is 14.2 Å². The summed E-state index contributed by atoms with van der Waals surface area (Å²) < 4.78 is 40.6. The maximum atomic E-state index is 13.1. The Kier molecular flexibility index (Phi) is 7.98. The second kappa shape index (κ2) is 11.2. The van der Waals surface area contributed by atoms with E-state index in [1.54, 1.807) is 36.4 Å². The molecule has 0 amide bonds. The molecular weight excluding hydrogens is 498 g/mol. The van der Waals surface area contributed by atoms with Crippen molar-refractivity contribution < 1.29 is 17.9 Å². The molecule has 0 fully saturated rings. The van der Waals surface area contributed by atoms with Crippen LogP contribution >= 0.6 is 11.6 Å². The molecule has 0 aliphatic heterocycles. The van der Waals surface area contributed by atoms with E-state index in [4.69, 9.17) is 21.1 Å². The van der Waals surface area contributed by atoms with Gasteiger partial charge in [0.15, 0.2) is 0 Å². The van der Waals surface area contributed by atoms with Crippen molar-refractivity contribution in [3.8, 4) is 11.6 Å². The number of pyridine rings is 1. The van der Waals surface area contributed by atoms with E-state index < -0.39 is 10.0 Å². The minimum absolute atomic E-state index is 0.145. The Bertz CT molecular complexity index is 1460. The van der Waals surface area contributed by atoms with Gasteiger partial charge in [-0.1, -0.05) is 53.6 Å². The molecule has 1 N–H and O–H groups in total. The number of halogens is 1. The largest absolute Gasteiger partial charge is 0.491 e. The fourth-order valence-electron chi connectivity index (χ4n) is 3.44. The maximum absolute atomic E-state index is 13.1. The van der Waals surface area contributed by atoms with E-state index in [2.05, 4.69) is 9.71 Å². The first-order valence-corrected chi connectivity index (χ1v) is 13.3. The fourth-order valence-corrected chi connectivity index (χ4v) is 4.66. The van der Waals surface area contributed by atoms with Gasteiger partial charge in [-0.2, -0.15) is 0 Å². The summed E-state index contributed by atoms with van der Waals surface area (Å²) in [5.41, 5.74) is 2.72. The Morgan fingerprint density at radius 2 is 1.72 bits per heavy atom. The Morgan fingerprint density at radius 3 is 2.47 bits per heavy atom. The van der Waals surface area contributed by atoms with Crippen molar-refractivity contribution in [1.82, 2.24) is 9.88 Å². The van der Waals surface area contributed by atoms with Crippen molar-refractivity contribution in [2.45, 2.75) is 18.4 Å². The molecular formula is C27H28ClN3O4S. The molecule has 0 bridgehead atoms. The minimum Gasteiger partial charge on any atom is -0.491 e. The highest BCUT2D eigenvalue weighted by Crippen LogP contribution is 2.31. The topological polar surface area (TPSA) is 80.8 Å². The van der Waals surface area contributed by atoms with Crippen LogP contribution in [0.1, 0.15) is 11.1 Å². The molecule has 0 saturated carbocycles. The second-order valence-corrected chi connectivity index (χ2v) is 10.7. The van der Waals surface area contributed by atoms with Crippen LogP contribution in [0.3, 0.4) is 0 Å². The Labute approximate surface area is 216 Å². The minimum atomic E-state index is -3.85. The second-order valence-electron chi connectivity index (χ2n) is 8.66. The number of anilines is 1. The number of rotatable bonds is 10. The van der Waals surface area contributed by atoms with Crippen molar-refractivity contribution in [3.05, 3.63) is 88.9 Å². The number of aromatic nitrogens is 1. The van der Waals surface area contributed by atoms with Gasteiger partial charge in [-0.05, 0) is 63.0 Å². The molecule has 0 radical (unpaired) electrons. The lowest BCUT2D eigenvalue weighted by Crippen LogP contribution is -2.19. The van der Waals surface area contributed by atoms with Crippen LogP contribution in [0.4, 0.5) is 5.69 Å². The molecule has 4 aromatic rings. The first kappa shape index (κ1) is 25.8. The zero-order chi connectivity index (χ0) is 25.7. The van der Waals surface area contributed by atoms with Crippen LogP contribution in [-0.2, 0) is 16.6 Å². The first-order chi connectivity index (χ1) is 17.2. The standard InChI is InChI=1S/C27H28ClN3O4S/c1-19-8-11-22(12-9-19)36(32,33)30-25-17-21-6-4-5-7-24(21)29-27(25)35-18-20-10-13-23(28)26(16-20)34-15-14-31(2)3/h4-13,16-17,30H,14-15,18H2,1-3H3. The molecule has 188 valence electrons. The summed E-state index contributed by atoms with van der Waals surface area (Å²) in [6.45, 7) is 3.29. The average Bonchev–Trinajstić information content (AvgIpc) is 2.84. The Morgan fingerprint density at radius 1 is 0.972 bits per heavy atom. The number of aryl methyl sites for hydroxylation is 1. The van der Waals surface area contributed by atoms with E-state index >= 15 is 0 Å². The molecule has 0 spiro atoms. The molecule has 4 rings (SSSR count). The van der Waals surface area contributed by atoms with Crippen molar-refractivity contribution in [3.63, 3.8) is 0 Å². The summed E-state index contributed by atoms with van der Waals surface area (Å²) in [6.07, 6.45) is 0. The van der Waals surface area contributed by atoms with Crippen LogP contribution in [0, 0.1) is 6.92 Å². The molecule has 0 aliphatic rings. The Balaban J connectivity index is 1.59. The number of hydrogen-bond donors (Lipinski definition) is 1. The number of para-hydroxylation sites is 1. The van der Waals surface area contributed by atoms with Gasteiger partial charge in [-0.15, -0.1) is 0 Å². The van der Waals surface area contributed by atoms with Gasteiger partial charge in [0.25, 0.3) is 10.0 Å². The van der Waals surface area contributed by atoms with Gasteiger partial charge in [0, 0.05) is 11.9 Å². The highest BCUT2D eigenvalue weighted by Gasteiger charge is 2.19. The zero-order valence-electron chi connectivity index (χ0n) is 20.4. The normalized spacial score (nSPS) is 11.6. The van der Waals surface area contributed by atoms with E-state index in [1.807, 2.05) is 62.3 Å². The van der Waals surface area contributed by atoms with Crippen molar-refractivity contribution in [1.29, 1.82) is 0 Å². The number of fused-ring (bicyclic) bond motifs is 1. The molecule has 0 aliphatic carbocycles. The molecule has 9 heteroatoms. The third-order valence-corrected chi connectivity index (χ3v) is 7.13. The fraction of sp³-hybridized carbons (Fsp3) is 0.222. The number of ether oxygens (including phenoxy) is 2. The SMILES string of the molecule is Cc1ccc(S(=O)(=O)Nc2cc3ccccc3nc2OCc2ccc(Cl)c(OCCN(C)C)c2)cc1. The lowest BCUT2D eigenvalue weighted by molar-refractivity contribution is 0.260. The summed E-state index contributed by atoms with van der Waals surface area (Å²) in [6, 6.07) is 21.2. The van der Waals surface area contributed by atoms with Gasteiger partial charge in [0.1, 0.15) is 24.7 Å². The molecule has 1 heterocycles. The number of hydrogen-bond acceptors (Lipinski definition) is 6. The summed E-state index contributed by atoms with van der Waals surface area (Å²) in [7, 11) is 0.0921. The third kappa shape index (κ3) is 6.46. The van der Waals surface area contributed by atoms with Gasteiger partial charge in [-0.3, -0.25) is 4.72 Å². The van der Waals surface area contributed by atoms with Gasteiger partial charge < -0.3 is 14.4 Å². The summed E-state index contributed by atoms with van der Waals surface area (Å²) in [5, 5.41) is 1.29. The van der Waals surface area contributed by atoms with Crippen LogP contribution in [0.2, 0.25) is 5.02 Å². The number of benzene rings is 3. The molecule has 7 nitrogen and oxygen atoms in total. The zero-order valence-corrected chi connectivity index (χ0v) is 21.9. The van der Waals surface area contributed by atoms with E-state index in [9.17, 15) is 8.42 Å². The van der Waals surface area contributed by atoms with E-state index in [-0.39, 0.29) is 23.1 Å². The van der Waals surface area contributed by atoms with Gasteiger partial charge in [0.2, 0.25) is 5.88 Å². The van der Waals surface area contributed by atoms with Gasteiger partial charge in [-0.25, -0.2) is 13.4 Å². The lowest BCUT2D eigenvalue weighted by atomic mass is 10.2. The van der Waals surface area contributed by atoms with E-state index in [1.165, 1.54) is 0 Å². The van der Waals surface area contributed by atoms with E-state index in [0.717, 1.165) is 23.1 Å². The van der Waals surface area contributed by atoms with Gasteiger partial charge >= 0.3 is 0 Å². The van der Waals surface area contributed by atoms with Crippen molar-refractivity contribution in [2.24, 2.45) is 0 Å². The third-order valence-electron chi connectivity index (χ3n) is 5.43. The molecule has 3 aromatic carbocycles. The number of nitrogens with zero attached hydrogens (tertiary/aromatic N) is 2. The monoisotopic (exact) mass is 525 g/mol. The molecule has 0 atom stereocenters.